The number of guanidine groups is 1. The zero-order valence-corrected chi connectivity index (χ0v) is 8.17. The molecule has 0 bridgehead atoms. The maximum atomic E-state index is 5.18. The Morgan fingerprint density at radius 3 is 3.00 bits per heavy atom. The van der Waals surface area contributed by atoms with Gasteiger partial charge in [0.15, 0.2) is 5.96 Å². The van der Waals surface area contributed by atoms with Crippen molar-refractivity contribution in [1.82, 2.24) is 10.6 Å². The van der Waals surface area contributed by atoms with Gasteiger partial charge in [0, 0.05) is 27.3 Å². The lowest BCUT2D eigenvalue weighted by atomic mass is 10.4. The molecule has 0 saturated heterocycles. The van der Waals surface area contributed by atoms with Crippen LogP contribution in [0, 0.1) is 0 Å². The Balaban J connectivity index is 2.14. The summed E-state index contributed by atoms with van der Waals surface area (Å²) in [7, 11) is 3.34. The van der Waals surface area contributed by atoms with Crippen LogP contribution in [0.25, 0.3) is 0 Å². The molecule has 0 aromatic rings. The second-order valence-corrected chi connectivity index (χ2v) is 2.85. The number of hydrogen-bond acceptors (Lipinski definition) is 5. The number of ether oxygens (including phenoxy) is 2. The molecule has 1 aliphatic heterocycles. The highest BCUT2D eigenvalue weighted by Gasteiger charge is 2.09. The smallest absolute Gasteiger partial charge is 0.191 e. The maximum absolute atomic E-state index is 5.18. The van der Waals surface area contributed by atoms with Crippen LogP contribution in [0.15, 0.2) is 4.99 Å². The number of methoxy groups -OCH3 is 2. The Hall–Kier alpha value is -0.810. The molecule has 0 radical (unpaired) electrons. The zero-order chi connectivity index (χ0) is 9.52. The minimum absolute atomic E-state index is 0.0788. The van der Waals surface area contributed by atoms with Gasteiger partial charge in [-0.05, 0) is 0 Å². The Bertz CT molecular complexity index is 173. The molecular formula is C8H17N3O2. The first-order valence-electron chi connectivity index (χ1n) is 4.40. The van der Waals surface area contributed by atoms with E-state index in [-0.39, 0.29) is 6.10 Å². The second kappa shape index (κ2) is 5.77. The second-order valence-electron chi connectivity index (χ2n) is 2.85. The van der Waals surface area contributed by atoms with E-state index in [1.807, 2.05) is 0 Å². The number of aliphatic imine (C=N–C) groups is 1. The van der Waals surface area contributed by atoms with Gasteiger partial charge in [0.25, 0.3) is 0 Å². The summed E-state index contributed by atoms with van der Waals surface area (Å²) in [5, 5.41) is 6.27. The topological polar surface area (TPSA) is 54.9 Å². The number of nitrogens with one attached hydrogen (secondary N) is 2. The van der Waals surface area contributed by atoms with Crippen molar-refractivity contribution in [3.63, 3.8) is 0 Å². The van der Waals surface area contributed by atoms with Crippen LogP contribution < -0.4 is 10.6 Å². The van der Waals surface area contributed by atoms with Crippen molar-refractivity contribution in [1.29, 1.82) is 0 Å². The SMILES string of the molecule is COCC(CNC1=NCCN1)OC. The molecule has 76 valence electrons. The zero-order valence-electron chi connectivity index (χ0n) is 8.17. The van der Waals surface area contributed by atoms with E-state index in [1.165, 1.54) is 0 Å². The van der Waals surface area contributed by atoms with Gasteiger partial charge in [-0.15, -0.1) is 0 Å². The van der Waals surface area contributed by atoms with Crippen LogP contribution in [-0.2, 0) is 9.47 Å². The summed E-state index contributed by atoms with van der Waals surface area (Å²) in [4.78, 5) is 4.20. The van der Waals surface area contributed by atoms with E-state index >= 15 is 0 Å². The molecule has 1 aliphatic rings. The first-order valence-corrected chi connectivity index (χ1v) is 4.40. The van der Waals surface area contributed by atoms with Crippen LogP contribution in [0.1, 0.15) is 0 Å². The van der Waals surface area contributed by atoms with Crippen molar-refractivity contribution in [2.45, 2.75) is 6.10 Å². The predicted octanol–water partition coefficient (Wildman–Crippen LogP) is -0.803. The van der Waals surface area contributed by atoms with E-state index in [0.29, 0.717) is 6.61 Å². The molecule has 2 N–H and O–H groups in total. The van der Waals surface area contributed by atoms with Gasteiger partial charge in [0.05, 0.1) is 19.3 Å². The normalized spacial score (nSPS) is 17.8. The molecule has 0 saturated carbocycles. The van der Waals surface area contributed by atoms with E-state index in [4.69, 9.17) is 9.47 Å². The lowest BCUT2D eigenvalue weighted by Gasteiger charge is -2.15. The van der Waals surface area contributed by atoms with Crippen molar-refractivity contribution >= 4 is 5.96 Å². The Labute approximate surface area is 78.5 Å². The molecule has 1 heterocycles. The van der Waals surface area contributed by atoms with Gasteiger partial charge in [-0.1, -0.05) is 0 Å². The van der Waals surface area contributed by atoms with Gasteiger partial charge in [-0.2, -0.15) is 0 Å². The molecule has 5 nitrogen and oxygen atoms in total. The lowest BCUT2D eigenvalue weighted by Crippen LogP contribution is -2.40. The highest BCUT2D eigenvalue weighted by Crippen LogP contribution is 1.89. The first-order chi connectivity index (χ1) is 6.36. The van der Waals surface area contributed by atoms with Gasteiger partial charge in [-0.25, -0.2) is 0 Å². The van der Waals surface area contributed by atoms with Crippen LogP contribution in [-0.4, -0.2) is 52.5 Å². The Morgan fingerprint density at radius 2 is 2.46 bits per heavy atom. The molecule has 1 rings (SSSR count). The monoisotopic (exact) mass is 187 g/mol. The average Bonchev–Trinajstić information content (AvgIpc) is 2.64. The van der Waals surface area contributed by atoms with Crippen molar-refractivity contribution < 1.29 is 9.47 Å². The van der Waals surface area contributed by atoms with Crippen LogP contribution in [0.2, 0.25) is 0 Å². The van der Waals surface area contributed by atoms with Gasteiger partial charge in [0.2, 0.25) is 0 Å². The van der Waals surface area contributed by atoms with E-state index in [0.717, 1.165) is 25.6 Å². The summed E-state index contributed by atoms with van der Waals surface area (Å²) in [6.45, 7) is 3.08. The van der Waals surface area contributed by atoms with Crippen molar-refractivity contribution in [2.24, 2.45) is 4.99 Å². The van der Waals surface area contributed by atoms with E-state index in [2.05, 4.69) is 15.6 Å². The van der Waals surface area contributed by atoms with Crippen molar-refractivity contribution in [2.75, 3.05) is 40.5 Å². The van der Waals surface area contributed by atoms with Gasteiger partial charge < -0.3 is 20.1 Å². The molecule has 0 fully saturated rings. The quantitative estimate of drug-likeness (QED) is 0.591. The molecule has 1 atom stereocenters. The van der Waals surface area contributed by atoms with Crippen LogP contribution >= 0.6 is 0 Å². The molecule has 0 aliphatic carbocycles. The molecule has 13 heavy (non-hydrogen) atoms. The van der Waals surface area contributed by atoms with Crippen molar-refractivity contribution in [3.05, 3.63) is 0 Å². The predicted molar refractivity (Wildman–Crippen MR) is 51.0 cm³/mol. The standard InChI is InChI=1S/C8H17N3O2/c1-12-6-7(13-2)5-11-8-9-3-4-10-8/h7H,3-6H2,1-2H3,(H2,9,10,11). The largest absolute Gasteiger partial charge is 0.382 e. The van der Waals surface area contributed by atoms with Crippen LogP contribution in [0.3, 0.4) is 0 Å². The third kappa shape index (κ3) is 3.61. The fraction of sp³-hybridized carbons (Fsp3) is 0.875. The molecule has 0 spiro atoms. The third-order valence-electron chi connectivity index (χ3n) is 1.86. The Kier molecular flexibility index (Phi) is 4.56. The lowest BCUT2D eigenvalue weighted by molar-refractivity contribution is 0.0314. The maximum Gasteiger partial charge on any atom is 0.191 e. The Morgan fingerprint density at radius 1 is 1.62 bits per heavy atom. The highest BCUT2D eigenvalue weighted by atomic mass is 16.5. The van der Waals surface area contributed by atoms with E-state index in [9.17, 15) is 0 Å². The summed E-state index contributed by atoms with van der Waals surface area (Å²) < 4.78 is 10.2. The minimum atomic E-state index is 0.0788. The van der Waals surface area contributed by atoms with Crippen LogP contribution in [0.5, 0.6) is 0 Å². The molecule has 0 aromatic carbocycles. The van der Waals surface area contributed by atoms with Crippen LogP contribution in [0.4, 0.5) is 0 Å². The minimum Gasteiger partial charge on any atom is -0.382 e. The van der Waals surface area contributed by atoms with E-state index in [1.54, 1.807) is 14.2 Å². The third-order valence-corrected chi connectivity index (χ3v) is 1.86. The summed E-state index contributed by atoms with van der Waals surface area (Å²) in [5.74, 6) is 0.859. The summed E-state index contributed by atoms with van der Waals surface area (Å²) in [5.41, 5.74) is 0. The van der Waals surface area contributed by atoms with Gasteiger partial charge in [0.1, 0.15) is 0 Å². The fourth-order valence-electron chi connectivity index (χ4n) is 1.12. The number of hydrogen-bond donors (Lipinski definition) is 2. The van der Waals surface area contributed by atoms with E-state index < -0.39 is 0 Å². The first kappa shape index (κ1) is 10.3. The van der Waals surface area contributed by atoms with Crippen molar-refractivity contribution in [3.8, 4) is 0 Å². The number of rotatable bonds is 5. The molecule has 1 unspecified atom stereocenters. The molecule has 0 amide bonds. The van der Waals surface area contributed by atoms with Gasteiger partial charge in [-0.3, -0.25) is 4.99 Å². The summed E-state index contributed by atoms with van der Waals surface area (Å²) in [6, 6.07) is 0. The molecule has 0 aromatic heterocycles. The average molecular weight is 187 g/mol. The summed E-state index contributed by atoms with van der Waals surface area (Å²) in [6.07, 6.45) is 0.0788. The molecule has 5 heteroatoms. The molecular weight excluding hydrogens is 170 g/mol. The summed E-state index contributed by atoms with van der Waals surface area (Å²) >= 11 is 0. The fourth-order valence-corrected chi connectivity index (χ4v) is 1.12. The highest BCUT2D eigenvalue weighted by molar-refractivity contribution is 5.81. The number of nitrogens with zero attached hydrogens (tertiary/aromatic N) is 1. The van der Waals surface area contributed by atoms with Gasteiger partial charge >= 0.3 is 0 Å².